The molecule has 0 aromatic carbocycles. The first kappa shape index (κ1) is 19.0. The van der Waals surface area contributed by atoms with Crippen LogP contribution < -0.4 is 9.67 Å². The molecule has 8 nitrogen and oxygen atoms in total. The van der Waals surface area contributed by atoms with E-state index in [2.05, 4.69) is 51.5 Å². The second kappa shape index (κ2) is 7.67. The number of pyridine rings is 2. The molecule has 5 heterocycles. The number of hydrogen-bond donors (Lipinski definition) is 1. The Morgan fingerprint density at radius 3 is 2.80 bits per heavy atom. The van der Waals surface area contributed by atoms with Gasteiger partial charge in [0.1, 0.15) is 0 Å². The van der Waals surface area contributed by atoms with Crippen LogP contribution in [0.4, 0.5) is 0 Å². The van der Waals surface area contributed by atoms with E-state index < -0.39 is 15.8 Å². The van der Waals surface area contributed by atoms with Crippen molar-refractivity contribution in [3.8, 4) is 23.2 Å². The Hall–Kier alpha value is -3.01. The molecular weight excluding hydrogens is 441 g/mol. The van der Waals surface area contributed by atoms with Crippen molar-refractivity contribution in [3.63, 3.8) is 0 Å². The average molecular weight is 461 g/mol. The van der Waals surface area contributed by atoms with Gasteiger partial charge in [-0.3, -0.25) is 0 Å². The van der Waals surface area contributed by atoms with Crippen LogP contribution in [0.1, 0.15) is 31.0 Å². The zero-order chi connectivity index (χ0) is 20.7. The Morgan fingerprint density at radius 1 is 1.20 bits per heavy atom. The number of nitriles is 1. The predicted octanol–water partition coefficient (Wildman–Crippen LogP) is 1.92. The van der Waals surface area contributed by atoms with Crippen molar-refractivity contribution in [2.24, 2.45) is 0 Å². The van der Waals surface area contributed by atoms with E-state index in [1.165, 1.54) is 4.35 Å². The molecule has 1 unspecified atom stereocenters. The van der Waals surface area contributed by atoms with Crippen molar-refractivity contribution in [2.75, 3.05) is 13.1 Å². The van der Waals surface area contributed by atoms with E-state index in [9.17, 15) is 0 Å². The molecule has 4 aromatic heterocycles. The minimum absolute atomic E-state index is 0.423. The standard InChI is InChI=1S/C21H20AsN7O/c1-12(2)22-17-4-20(29-21-14(10-27-29)3-13(6-23)7-26-21)25-11-16(17)19-5-18(28-30-19)15-8-24-9-15/h3-5,7,10-12,15,22,24H,8-9H2,1-2H3. The van der Waals surface area contributed by atoms with Crippen LogP contribution in [0.2, 0.25) is 4.71 Å². The summed E-state index contributed by atoms with van der Waals surface area (Å²) in [4.78, 5) is 9.07. The Labute approximate surface area is 180 Å². The Morgan fingerprint density at radius 2 is 2.07 bits per heavy atom. The number of nitrogens with one attached hydrogen (secondary N) is 1. The molecule has 0 saturated carbocycles. The predicted molar refractivity (Wildman–Crippen MR) is 114 cm³/mol. The van der Waals surface area contributed by atoms with Gasteiger partial charge in [-0.1, -0.05) is 0 Å². The molecule has 0 amide bonds. The van der Waals surface area contributed by atoms with E-state index in [-0.39, 0.29) is 0 Å². The van der Waals surface area contributed by atoms with Crippen molar-refractivity contribution in [3.05, 3.63) is 48.0 Å². The molecule has 1 aliphatic rings. The summed E-state index contributed by atoms with van der Waals surface area (Å²) < 4.78 is 9.25. The first-order valence-corrected chi connectivity index (χ1v) is 12.1. The van der Waals surface area contributed by atoms with Crippen LogP contribution in [0, 0.1) is 11.3 Å². The number of hydrogen-bond acceptors (Lipinski definition) is 7. The fourth-order valence-electron chi connectivity index (χ4n) is 3.44. The molecule has 1 N–H and O–H groups in total. The molecule has 0 spiro atoms. The summed E-state index contributed by atoms with van der Waals surface area (Å²) in [5.74, 6) is 1.92. The second-order valence-corrected chi connectivity index (χ2v) is 11.8. The SMILES string of the molecule is CC(C)[AsH]c1cc(-n2ncc3cc(C#N)cnc32)ncc1-c1cc(C2CNC2)no1. The normalized spacial score (nSPS) is 14.6. The van der Waals surface area contributed by atoms with Crippen molar-refractivity contribution in [2.45, 2.75) is 24.5 Å². The van der Waals surface area contributed by atoms with Crippen molar-refractivity contribution < 1.29 is 4.52 Å². The summed E-state index contributed by atoms with van der Waals surface area (Å²) in [5, 5.41) is 21.9. The van der Waals surface area contributed by atoms with E-state index in [0.29, 0.717) is 27.7 Å². The molecule has 1 fully saturated rings. The van der Waals surface area contributed by atoms with Crippen LogP contribution in [-0.4, -0.2) is 53.7 Å². The van der Waals surface area contributed by atoms with E-state index in [1.54, 1.807) is 23.1 Å². The number of rotatable bonds is 5. The number of nitrogens with zero attached hydrogens (tertiary/aromatic N) is 6. The van der Waals surface area contributed by atoms with Gasteiger partial charge >= 0.3 is 180 Å². The van der Waals surface area contributed by atoms with Crippen LogP contribution in [0.15, 0.2) is 41.3 Å². The summed E-state index contributed by atoms with van der Waals surface area (Å²) in [6.45, 7) is 6.37. The first-order valence-electron chi connectivity index (χ1n) is 9.81. The maximum absolute atomic E-state index is 9.09. The third-order valence-electron chi connectivity index (χ3n) is 5.08. The molecule has 0 bridgehead atoms. The van der Waals surface area contributed by atoms with E-state index in [0.717, 1.165) is 35.5 Å². The van der Waals surface area contributed by atoms with E-state index >= 15 is 0 Å². The van der Waals surface area contributed by atoms with Crippen LogP contribution in [-0.2, 0) is 0 Å². The monoisotopic (exact) mass is 461 g/mol. The molecule has 0 radical (unpaired) electrons. The molecular formula is C21H20AsN7O. The van der Waals surface area contributed by atoms with Crippen LogP contribution in [0.5, 0.6) is 0 Å². The summed E-state index contributed by atoms with van der Waals surface area (Å²) >= 11 is -0.423. The first-order chi connectivity index (χ1) is 14.6. The van der Waals surface area contributed by atoms with Crippen LogP contribution in [0.3, 0.4) is 0 Å². The van der Waals surface area contributed by atoms with Crippen LogP contribution >= 0.6 is 0 Å². The zero-order valence-electron chi connectivity index (χ0n) is 16.6. The van der Waals surface area contributed by atoms with Gasteiger partial charge in [0.05, 0.1) is 0 Å². The molecule has 1 aliphatic heterocycles. The maximum atomic E-state index is 9.09. The second-order valence-electron chi connectivity index (χ2n) is 7.66. The van der Waals surface area contributed by atoms with Gasteiger partial charge in [-0.25, -0.2) is 0 Å². The Kier molecular flexibility index (Phi) is 4.85. The minimum atomic E-state index is -0.423. The molecule has 9 heteroatoms. The molecule has 1 atom stereocenters. The fraction of sp³-hybridized carbons (Fsp3) is 0.286. The van der Waals surface area contributed by atoms with Gasteiger partial charge in [-0.15, -0.1) is 0 Å². The van der Waals surface area contributed by atoms with E-state index in [4.69, 9.17) is 9.78 Å². The van der Waals surface area contributed by atoms with Crippen molar-refractivity contribution in [1.82, 2.24) is 30.2 Å². The third-order valence-corrected chi connectivity index (χ3v) is 7.81. The summed E-state index contributed by atoms with van der Waals surface area (Å²) in [5.41, 5.74) is 3.21. The van der Waals surface area contributed by atoms with Gasteiger partial charge in [0.25, 0.3) is 0 Å². The quantitative estimate of drug-likeness (QED) is 0.453. The van der Waals surface area contributed by atoms with Gasteiger partial charge < -0.3 is 0 Å². The summed E-state index contributed by atoms with van der Waals surface area (Å²) in [7, 11) is 0. The number of fused-ring (bicyclic) bond motifs is 1. The van der Waals surface area contributed by atoms with Crippen molar-refractivity contribution >= 4 is 31.1 Å². The third kappa shape index (κ3) is 3.40. The Bertz CT molecular complexity index is 1270. The topological polar surface area (TPSA) is 105 Å². The molecule has 150 valence electrons. The van der Waals surface area contributed by atoms with Gasteiger partial charge in [0, 0.05) is 0 Å². The average Bonchev–Trinajstić information content (AvgIpc) is 3.33. The van der Waals surface area contributed by atoms with Crippen molar-refractivity contribution in [1.29, 1.82) is 5.26 Å². The number of aromatic nitrogens is 5. The van der Waals surface area contributed by atoms with Gasteiger partial charge in [-0.05, 0) is 0 Å². The molecule has 1 saturated heterocycles. The molecule has 0 aliphatic carbocycles. The van der Waals surface area contributed by atoms with Gasteiger partial charge in [0.15, 0.2) is 0 Å². The molecule has 5 rings (SSSR count). The van der Waals surface area contributed by atoms with Crippen LogP contribution in [0.25, 0.3) is 28.2 Å². The zero-order valence-corrected chi connectivity index (χ0v) is 18.7. The molecule has 4 aromatic rings. The Balaban J connectivity index is 1.56. The summed E-state index contributed by atoms with van der Waals surface area (Å²) in [6, 6.07) is 8.04. The fourth-order valence-corrected chi connectivity index (χ4v) is 5.91. The summed E-state index contributed by atoms with van der Waals surface area (Å²) in [6.07, 6.45) is 5.13. The molecule has 30 heavy (non-hydrogen) atoms. The van der Waals surface area contributed by atoms with Gasteiger partial charge in [-0.2, -0.15) is 0 Å². The van der Waals surface area contributed by atoms with E-state index in [1.807, 2.05) is 12.3 Å². The van der Waals surface area contributed by atoms with Gasteiger partial charge in [0.2, 0.25) is 0 Å².